The second-order valence-corrected chi connectivity index (χ2v) is 6.82. The number of rotatable bonds is 3. The molecule has 8 nitrogen and oxygen atoms in total. The summed E-state index contributed by atoms with van der Waals surface area (Å²) in [4.78, 5) is 42.7. The van der Waals surface area contributed by atoms with E-state index >= 15 is 0 Å². The minimum absolute atomic E-state index is 0.0982. The molecule has 0 aliphatic carbocycles. The molecule has 2 aromatic heterocycles. The van der Waals surface area contributed by atoms with E-state index in [0.717, 1.165) is 0 Å². The van der Waals surface area contributed by atoms with Crippen molar-refractivity contribution in [1.82, 2.24) is 14.7 Å². The Morgan fingerprint density at radius 2 is 1.48 bits per heavy atom. The van der Waals surface area contributed by atoms with Crippen LogP contribution in [0.1, 0.15) is 32.6 Å². The lowest BCUT2D eigenvalue weighted by atomic mass is 10.1. The number of nitrogens with zero attached hydrogens (tertiary/aromatic N) is 3. The molecule has 0 spiro atoms. The highest BCUT2D eigenvalue weighted by molar-refractivity contribution is 5.97. The van der Waals surface area contributed by atoms with Gasteiger partial charge in [-0.15, -0.1) is 0 Å². The smallest absolute Gasteiger partial charge is 0.290 e. The first-order valence-corrected chi connectivity index (χ1v) is 8.72. The summed E-state index contributed by atoms with van der Waals surface area (Å²) in [7, 11) is 3.25. The number of aryl methyl sites for hydroxylation is 2. The average molecular weight is 373 g/mol. The van der Waals surface area contributed by atoms with Crippen molar-refractivity contribution in [3.8, 4) is 0 Å². The monoisotopic (exact) mass is 373 g/mol. The summed E-state index contributed by atoms with van der Waals surface area (Å²) in [5.74, 6) is 0.775. The van der Waals surface area contributed by atoms with Crippen LogP contribution in [0.25, 0.3) is 0 Å². The molecule has 0 N–H and O–H groups in total. The summed E-state index contributed by atoms with van der Waals surface area (Å²) in [5, 5.41) is 0. The molecule has 0 saturated carbocycles. The van der Waals surface area contributed by atoms with Crippen LogP contribution in [0, 0.1) is 13.8 Å². The van der Waals surface area contributed by atoms with E-state index in [1.807, 2.05) is 0 Å². The zero-order valence-corrected chi connectivity index (χ0v) is 15.9. The molecule has 0 radical (unpaired) electrons. The van der Waals surface area contributed by atoms with Gasteiger partial charge >= 0.3 is 0 Å². The van der Waals surface area contributed by atoms with Crippen molar-refractivity contribution in [2.24, 2.45) is 0 Å². The average Bonchev–Trinajstić information content (AvgIpc) is 3.27. The Balaban J connectivity index is 1.83. The number of hydrogen-bond donors (Lipinski definition) is 0. The van der Waals surface area contributed by atoms with Gasteiger partial charge in [0, 0.05) is 27.2 Å². The molecule has 27 heavy (non-hydrogen) atoms. The van der Waals surface area contributed by atoms with E-state index in [2.05, 4.69) is 0 Å². The highest BCUT2D eigenvalue weighted by Crippen LogP contribution is 2.19. The topological polar surface area (TPSA) is 87.2 Å². The van der Waals surface area contributed by atoms with Crippen LogP contribution in [0.3, 0.4) is 0 Å². The normalized spacial score (nSPS) is 17.1. The van der Waals surface area contributed by atoms with Gasteiger partial charge in [-0.05, 0) is 38.1 Å². The first-order chi connectivity index (χ1) is 12.8. The first kappa shape index (κ1) is 18.8. The van der Waals surface area contributed by atoms with Crippen LogP contribution in [0.5, 0.6) is 0 Å². The summed E-state index contributed by atoms with van der Waals surface area (Å²) < 4.78 is 10.8. The van der Waals surface area contributed by atoms with E-state index in [1.54, 1.807) is 57.1 Å². The van der Waals surface area contributed by atoms with Crippen molar-refractivity contribution >= 4 is 17.7 Å². The molecule has 3 amide bonds. The SMILES string of the molecule is Cc1ccc(C(=O)N2CCN(C(=O)c3ccc(C)o3)C(C(=O)N(C)C)C2)o1. The Hall–Kier alpha value is -3.03. The summed E-state index contributed by atoms with van der Waals surface area (Å²) in [6.07, 6.45) is 0. The standard InChI is InChI=1S/C19H23N3O5/c1-12-5-7-15(26-12)18(24)21-9-10-22(14(11-21)17(23)20(3)4)19(25)16-8-6-13(2)27-16/h5-8,14H,9-11H2,1-4H3. The van der Waals surface area contributed by atoms with Crippen molar-refractivity contribution in [3.05, 3.63) is 47.3 Å². The lowest BCUT2D eigenvalue weighted by Gasteiger charge is -2.40. The number of amides is 3. The molecule has 0 aromatic carbocycles. The van der Waals surface area contributed by atoms with Gasteiger partial charge in [0.05, 0.1) is 6.54 Å². The lowest BCUT2D eigenvalue weighted by Crippen LogP contribution is -2.61. The van der Waals surface area contributed by atoms with Gasteiger partial charge in [0.15, 0.2) is 11.5 Å². The van der Waals surface area contributed by atoms with Crippen molar-refractivity contribution < 1.29 is 23.2 Å². The molecule has 1 saturated heterocycles. The molecular formula is C19H23N3O5. The van der Waals surface area contributed by atoms with E-state index < -0.39 is 6.04 Å². The predicted octanol–water partition coefficient (Wildman–Crippen LogP) is 1.54. The number of piperazine rings is 1. The fourth-order valence-electron chi connectivity index (χ4n) is 3.12. The number of hydrogen-bond acceptors (Lipinski definition) is 5. The summed E-state index contributed by atoms with van der Waals surface area (Å²) in [5.41, 5.74) is 0. The van der Waals surface area contributed by atoms with Gasteiger partial charge < -0.3 is 23.5 Å². The van der Waals surface area contributed by atoms with Crippen LogP contribution in [-0.4, -0.2) is 72.2 Å². The van der Waals surface area contributed by atoms with Gasteiger partial charge in [-0.3, -0.25) is 14.4 Å². The molecule has 0 bridgehead atoms. The van der Waals surface area contributed by atoms with E-state index in [4.69, 9.17) is 8.83 Å². The van der Waals surface area contributed by atoms with Crippen molar-refractivity contribution in [2.75, 3.05) is 33.7 Å². The Bertz CT molecular complexity index is 866. The van der Waals surface area contributed by atoms with Gasteiger partial charge in [-0.25, -0.2) is 0 Å². The van der Waals surface area contributed by atoms with Crippen LogP contribution in [0.4, 0.5) is 0 Å². The summed E-state index contributed by atoms with van der Waals surface area (Å²) in [6, 6.07) is 5.84. The number of furan rings is 2. The van der Waals surface area contributed by atoms with E-state index in [9.17, 15) is 14.4 Å². The van der Waals surface area contributed by atoms with Gasteiger partial charge in [-0.2, -0.15) is 0 Å². The van der Waals surface area contributed by atoms with Crippen LogP contribution < -0.4 is 0 Å². The highest BCUT2D eigenvalue weighted by Gasteiger charge is 2.39. The summed E-state index contributed by atoms with van der Waals surface area (Å²) >= 11 is 0. The Kier molecular flexibility index (Phi) is 5.07. The second kappa shape index (κ2) is 7.30. The molecule has 1 atom stereocenters. The molecule has 2 aromatic rings. The quantitative estimate of drug-likeness (QED) is 0.815. The fourth-order valence-corrected chi connectivity index (χ4v) is 3.12. The van der Waals surface area contributed by atoms with Crippen molar-refractivity contribution in [3.63, 3.8) is 0 Å². The second-order valence-electron chi connectivity index (χ2n) is 6.82. The number of carbonyl (C=O) groups excluding carboxylic acids is 3. The zero-order valence-electron chi connectivity index (χ0n) is 15.9. The van der Waals surface area contributed by atoms with Gasteiger partial charge in [0.1, 0.15) is 17.6 Å². The van der Waals surface area contributed by atoms with Crippen LogP contribution in [0.15, 0.2) is 33.1 Å². The number of carbonyl (C=O) groups is 3. The van der Waals surface area contributed by atoms with Crippen LogP contribution in [-0.2, 0) is 4.79 Å². The molecule has 1 fully saturated rings. The molecule has 1 aliphatic heterocycles. The van der Waals surface area contributed by atoms with Gasteiger partial charge in [-0.1, -0.05) is 0 Å². The molecule has 8 heteroatoms. The maximum absolute atomic E-state index is 12.8. The third-order valence-corrected chi connectivity index (χ3v) is 4.56. The van der Waals surface area contributed by atoms with E-state index in [1.165, 1.54) is 9.80 Å². The maximum Gasteiger partial charge on any atom is 0.290 e. The number of likely N-dealkylation sites (N-methyl/N-ethyl adjacent to an activating group) is 1. The first-order valence-electron chi connectivity index (χ1n) is 8.72. The minimum atomic E-state index is -0.785. The minimum Gasteiger partial charge on any atom is -0.456 e. The van der Waals surface area contributed by atoms with Gasteiger partial charge in [0.2, 0.25) is 5.91 Å². The van der Waals surface area contributed by atoms with Crippen molar-refractivity contribution in [2.45, 2.75) is 19.9 Å². The third kappa shape index (κ3) is 3.74. The Morgan fingerprint density at radius 3 is 1.96 bits per heavy atom. The summed E-state index contributed by atoms with van der Waals surface area (Å²) in [6.45, 7) is 4.15. The van der Waals surface area contributed by atoms with Crippen LogP contribution in [0.2, 0.25) is 0 Å². The lowest BCUT2D eigenvalue weighted by molar-refractivity contribution is -0.135. The predicted molar refractivity (Wildman–Crippen MR) is 96.3 cm³/mol. The largest absolute Gasteiger partial charge is 0.456 e. The molecule has 3 rings (SSSR count). The molecule has 3 heterocycles. The maximum atomic E-state index is 12.8. The van der Waals surface area contributed by atoms with E-state index in [-0.39, 0.29) is 42.3 Å². The van der Waals surface area contributed by atoms with Crippen molar-refractivity contribution in [1.29, 1.82) is 0 Å². The Morgan fingerprint density at radius 1 is 0.926 bits per heavy atom. The molecule has 144 valence electrons. The molecule has 1 unspecified atom stereocenters. The molecular weight excluding hydrogens is 350 g/mol. The Labute approximate surface area is 157 Å². The van der Waals surface area contributed by atoms with E-state index in [0.29, 0.717) is 18.1 Å². The highest BCUT2D eigenvalue weighted by atomic mass is 16.4. The fraction of sp³-hybridized carbons (Fsp3) is 0.421. The molecule has 1 aliphatic rings. The zero-order chi connectivity index (χ0) is 19.7. The van der Waals surface area contributed by atoms with Crippen LogP contribution >= 0.6 is 0 Å². The van der Waals surface area contributed by atoms with Gasteiger partial charge in [0.25, 0.3) is 11.8 Å². The third-order valence-electron chi connectivity index (χ3n) is 4.56.